The van der Waals surface area contributed by atoms with Crippen LogP contribution in [-0.2, 0) is 0 Å². The van der Waals surface area contributed by atoms with Gasteiger partial charge in [0.25, 0.3) is 5.69 Å². The summed E-state index contributed by atoms with van der Waals surface area (Å²) in [6.07, 6.45) is -4.66. The molecule has 6 nitrogen and oxygen atoms in total. The highest BCUT2D eigenvalue weighted by molar-refractivity contribution is 9.10. The van der Waals surface area contributed by atoms with E-state index in [2.05, 4.69) is 21.2 Å². The summed E-state index contributed by atoms with van der Waals surface area (Å²) in [6, 6.07) is -0.338. The number of piperazine rings is 1. The Labute approximate surface area is 156 Å². The smallest absolute Gasteiger partial charge is 0.408 e. The SMILES string of the molecule is Cl.Cl.O=[N+]([O-])c1cc(Br)c(O)c([C@H](N2CCNCC2)C(F)(F)F)c1. The minimum Gasteiger partial charge on any atom is -0.506 e. The fourth-order valence-corrected chi connectivity index (χ4v) is 2.90. The Morgan fingerprint density at radius 1 is 1.29 bits per heavy atom. The van der Waals surface area contributed by atoms with Crippen LogP contribution in [-0.4, -0.2) is 47.3 Å². The van der Waals surface area contributed by atoms with Gasteiger partial charge in [-0.2, -0.15) is 13.2 Å². The van der Waals surface area contributed by atoms with E-state index >= 15 is 0 Å². The quantitative estimate of drug-likeness (QED) is 0.538. The van der Waals surface area contributed by atoms with Gasteiger partial charge in [-0.1, -0.05) is 0 Å². The predicted molar refractivity (Wildman–Crippen MR) is 90.2 cm³/mol. The molecule has 12 heteroatoms. The molecule has 1 atom stereocenters. The molecule has 1 aliphatic heterocycles. The number of nitro groups is 1. The number of rotatable bonds is 3. The van der Waals surface area contributed by atoms with Crippen LogP contribution >= 0.6 is 40.7 Å². The lowest BCUT2D eigenvalue weighted by Crippen LogP contribution is -2.49. The van der Waals surface area contributed by atoms with Crippen LogP contribution in [0, 0.1) is 10.1 Å². The summed E-state index contributed by atoms with van der Waals surface area (Å²) in [5, 5.41) is 23.8. The predicted octanol–water partition coefficient (Wildman–Crippen LogP) is 3.42. The number of halogens is 6. The molecule has 2 N–H and O–H groups in total. The van der Waals surface area contributed by atoms with Crippen LogP contribution in [0.25, 0.3) is 0 Å². The van der Waals surface area contributed by atoms with Crippen molar-refractivity contribution in [1.82, 2.24) is 10.2 Å². The Hall–Kier alpha value is -0.810. The molecule has 0 aliphatic carbocycles. The van der Waals surface area contributed by atoms with Crippen molar-refractivity contribution in [2.75, 3.05) is 26.2 Å². The lowest BCUT2D eigenvalue weighted by Gasteiger charge is -2.36. The van der Waals surface area contributed by atoms with Crippen molar-refractivity contribution in [1.29, 1.82) is 0 Å². The maximum atomic E-state index is 13.5. The zero-order valence-electron chi connectivity index (χ0n) is 12.0. The lowest BCUT2D eigenvalue weighted by molar-refractivity contribution is -0.385. The molecule has 0 radical (unpaired) electrons. The normalized spacial score (nSPS) is 16.7. The molecule has 1 aliphatic rings. The van der Waals surface area contributed by atoms with Crippen molar-refractivity contribution in [3.05, 3.63) is 32.3 Å². The summed E-state index contributed by atoms with van der Waals surface area (Å²) >= 11 is 2.87. The van der Waals surface area contributed by atoms with Gasteiger partial charge in [0.1, 0.15) is 11.8 Å². The monoisotopic (exact) mass is 455 g/mol. The standard InChI is InChI=1S/C12H13BrF3N3O3.2ClH/c13-9-6-7(19(21)22)5-8(10(9)20)11(12(14,15)16)18-3-1-17-2-4-18;;/h5-6,11,17,20H,1-4H2;2*1H/t11-;;/m0../s1. The lowest BCUT2D eigenvalue weighted by atomic mass is 10.0. The van der Waals surface area contributed by atoms with Crippen molar-refractivity contribution >= 4 is 46.4 Å². The zero-order valence-corrected chi connectivity index (χ0v) is 15.3. The summed E-state index contributed by atoms with van der Waals surface area (Å²) in [6.45, 7) is 1.01. The van der Waals surface area contributed by atoms with Crippen LogP contribution in [0.15, 0.2) is 16.6 Å². The van der Waals surface area contributed by atoms with Gasteiger partial charge in [-0.25, -0.2) is 0 Å². The van der Waals surface area contributed by atoms with Crippen molar-refractivity contribution in [3.8, 4) is 5.75 Å². The number of nitrogens with zero attached hydrogens (tertiary/aromatic N) is 2. The van der Waals surface area contributed by atoms with Crippen LogP contribution in [0.3, 0.4) is 0 Å². The Morgan fingerprint density at radius 3 is 2.29 bits per heavy atom. The summed E-state index contributed by atoms with van der Waals surface area (Å²) < 4.78 is 40.3. The molecule has 1 aromatic rings. The van der Waals surface area contributed by atoms with Gasteiger partial charge in [-0.3, -0.25) is 15.0 Å². The molecule has 1 saturated heterocycles. The van der Waals surface area contributed by atoms with Crippen LogP contribution in [0.5, 0.6) is 5.75 Å². The molecule has 0 amide bonds. The molecule has 138 valence electrons. The summed E-state index contributed by atoms with van der Waals surface area (Å²) in [5.74, 6) is -0.633. The van der Waals surface area contributed by atoms with Gasteiger partial charge in [0.15, 0.2) is 0 Å². The highest BCUT2D eigenvalue weighted by Crippen LogP contribution is 2.45. The van der Waals surface area contributed by atoms with Crippen molar-refractivity contribution in [2.24, 2.45) is 0 Å². The second kappa shape index (κ2) is 9.04. The maximum Gasteiger partial charge on any atom is 0.408 e. The minimum absolute atomic E-state index is 0. The van der Waals surface area contributed by atoms with E-state index in [0.717, 1.165) is 17.0 Å². The molecule has 24 heavy (non-hydrogen) atoms. The van der Waals surface area contributed by atoms with Gasteiger partial charge in [-0.15, -0.1) is 24.8 Å². The van der Waals surface area contributed by atoms with E-state index in [-0.39, 0.29) is 42.4 Å². The van der Waals surface area contributed by atoms with E-state index in [1.807, 2.05) is 0 Å². The fourth-order valence-electron chi connectivity index (χ4n) is 2.44. The molecule has 1 fully saturated rings. The number of aromatic hydroxyl groups is 1. The number of non-ortho nitro benzene ring substituents is 1. The molecular weight excluding hydrogens is 442 g/mol. The average molecular weight is 457 g/mol. The molecule has 0 bridgehead atoms. The van der Waals surface area contributed by atoms with Crippen LogP contribution in [0.4, 0.5) is 18.9 Å². The topological polar surface area (TPSA) is 78.6 Å². The van der Waals surface area contributed by atoms with E-state index in [1.165, 1.54) is 0 Å². The zero-order chi connectivity index (χ0) is 16.5. The van der Waals surface area contributed by atoms with Gasteiger partial charge >= 0.3 is 6.18 Å². The molecule has 1 aromatic carbocycles. The Kier molecular flexibility index (Phi) is 8.74. The molecule has 1 heterocycles. The number of phenols is 1. The van der Waals surface area contributed by atoms with Crippen molar-refractivity contribution in [2.45, 2.75) is 12.2 Å². The number of alkyl halides is 3. The average Bonchev–Trinajstić information content (AvgIpc) is 2.43. The van der Waals surface area contributed by atoms with Gasteiger partial charge < -0.3 is 10.4 Å². The third-order valence-corrected chi connectivity index (χ3v) is 4.01. The van der Waals surface area contributed by atoms with E-state index in [4.69, 9.17) is 0 Å². The number of hydrogen-bond donors (Lipinski definition) is 2. The van der Waals surface area contributed by atoms with Crippen molar-refractivity contribution < 1.29 is 23.2 Å². The summed E-state index contributed by atoms with van der Waals surface area (Å²) in [7, 11) is 0. The third-order valence-electron chi connectivity index (χ3n) is 3.41. The highest BCUT2D eigenvalue weighted by Gasteiger charge is 2.47. The van der Waals surface area contributed by atoms with Crippen molar-refractivity contribution in [3.63, 3.8) is 0 Å². The molecule has 0 saturated carbocycles. The second-order valence-electron chi connectivity index (χ2n) is 4.85. The van der Waals surface area contributed by atoms with Crippen LogP contribution in [0.2, 0.25) is 0 Å². The Morgan fingerprint density at radius 2 is 1.83 bits per heavy atom. The number of nitrogens with one attached hydrogen (secondary N) is 1. The van der Waals surface area contributed by atoms with Gasteiger partial charge in [0, 0.05) is 43.9 Å². The molecule has 0 aromatic heterocycles. The van der Waals surface area contributed by atoms with Crippen LogP contribution < -0.4 is 5.32 Å². The molecular formula is C12H15BrCl2F3N3O3. The van der Waals surface area contributed by atoms with Gasteiger partial charge in [0.2, 0.25) is 0 Å². The number of phenolic OH excluding ortho intramolecular Hbond substituents is 1. The number of hydrogen-bond acceptors (Lipinski definition) is 5. The first-order valence-corrected chi connectivity index (χ1v) is 7.19. The fraction of sp³-hybridized carbons (Fsp3) is 0.500. The molecule has 0 unspecified atom stereocenters. The first-order valence-electron chi connectivity index (χ1n) is 6.40. The summed E-state index contributed by atoms with van der Waals surface area (Å²) in [5.41, 5.74) is -1.03. The third kappa shape index (κ3) is 5.09. The van der Waals surface area contributed by atoms with E-state index in [0.29, 0.717) is 13.1 Å². The maximum absolute atomic E-state index is 13.5. The Balaban J connectivity index is 0.00000264. The largest absolute Gasteiger partial charge is 0.506 e. The van der Waals surface area contributed by atoms with Gasteiger partial charge in [-0.05, 0) is 15.9 Å². The Bertz CT molecular complexity index is 587. The first kappa shape index (κ1) is 23.2. The molecule has 2 rings (SSSR count). The first-order chi connectivity index (χ1) is 10.2. The minimum atomic E-state index is -4.66. The second-order valence-corrected chi connectivity index (χ2v) is 5.71. The number of benzene rings is 1. The van der Waals surface area contributed by atoms with E-state index in [9.17, 15) is 28.4 Å². The number of nitro benzene ring substituents is 1. The summed E-state index contributed by atoms with van der Waals surface area (Å²) in [4.78, 5) is 11.2. The van der Waals surface area contributed by atoms with Crippen LogP contribution in [0.1, 0.15) is 11.6 Å². The van der Waals surface area contributed by atoms with Gasteiger partial charge in [0.05, 0.1) is 9.40 Å². The molecule has 0 spiro atoms. The highest BCUT2D eigenvalue weighted by atomic mass is 79.9. The van der Waals surface area contributed by atoms with E-state index < -0.39 is 34.1 Å². The van der Waals surface area contributed by atoms with E-state index in [1.54, 1.807) is 0 Å².